The van der Waals surface area contributed by atoms with Crippen LogP contribution in [0, 0.1) is 0 Å². The third-order valence-electron chi connectivity index (χ3n) is 3.58. The minimum atomic E-state index is -0.0497. The van der Waals surface area contributed by atoms with Crippen molar-refractivity contribution in [1.29, 1.82) is 0 Å². The molecule has 0 aliphatic carbocycles. The van der Waals surface area contributed by atoms with Crippen LogP contribution in [0.1, 0.15) is 9.75 Å². The summed E-state index contributed by atoms with van der Waals surface area (Å²) in [5.74, 6) is 0.666. The molecule has 3 aromatic heterocycles. The van der Waals surface area contributed by atoms with Crippen molar-refractivity contribution < 1.29 is 4.79 Å². The van der Waals surface area contributed by atoms with Gasteiger partial charge in [-0.1, -0.05) is 18.2 Å². The molecule has 25 heavy (non-hydrogen) atoms. The lowest BCUT2D eigenvalue weighted by atomic mass is 10.3. The molecule has 0 saturated carbocycles. The number of hydrogen-bond donors (Lipinski definition) is 1. The van der Waals surface area contributed by atoms with Crippen molar-refractivity contribution in [3.63, 3.8) is 0 Å². The molecular weight excluding hydrogens is 352 g/mol. The topological polar surface area (TPSA) is 50.2 Å². The lowest BCUT2D eigenvalue weighted by Gasteiger charge is -2.19. The summed E-state index contributed by atoms with van der Waals surface area (Å²) in [5.41, 5.74) is 0. The standard InChI is InChI=1S/C18H20N4OS2/c1-2-9-21(12-15-5-3-10-24-15)14-18(23)20-17-7-8-19-22(17)13-16-6-4-11-25-16/h2-8,10-11H,1,9,12-14H2,(H,20,23). The number of hydrogen-bond acceptors (Lipinski definition) is 5. The normalized spacial score (nSPS) is 10.9. The number of thiophene rings is 2. The molecule has 0 aromatic carbocycles. The van der Waals surface area contributed by atoms with E-state index in [1.165, 1.54) is 9.75 Å². The molecule has 3 heterocycles. The smallest absolute Gasteiger partial charge is 0.239 e. The molecule has 0 saturated heterocycles. The number of carbonyl (C=O) groups is 1. The monoisotopic (exact) mass is 372 g/mol. The van der Waals surface area contributed by atoms with Gasteiger partial charge in [-0.3, -0.25) is 9.69 Å². The van der Waals surface area contributed by atoms with E-state index in [1.807, 2.05) is 35.0 Å². The molecule has 0 spiro atoms. The van der Waals surface area contributed by atoms with Crippen LogP contribution in [0.3, 0.4) is 0 Å². The Morgan fingerprint density at radius 1 is 1.24 bits per heavy atom. The molecule has 7 heteroatoms. The van der Waals surface area contributed by atoms with Gasteiger partial charge >= 0.3 is 0 Å². The summed E-state index contributed by atoms with van der Waals surface area (Å²) in [6.45, 7) is 6.17. The van der Waals surface area contributed by atoms with E-state index in [0.717, 1.165) is 6.54 Å². The van der Waals surface area contributed by atoms with E-state index < -0.39 is 0 Å². The maximum absolute atomic E-state index is 12.5. The number of nitrogens with one attached hydrogen (secondary N) is 1. The highest BCUT2D eigenvalue weighted by Gasteiger charge is 2.13. The fourth-order valence-corrected chi connectivity index (χ4v) is 3.92. The molecule has 0 bridgehead atoms. The molecule has 0 unspecified atom stereocenters. The average Bonchev–Trinajstić information content (AvgIpc) is 3.32. The van der Waals surface area contributed by atoms with Crippen molar-refractivity contribution in [2.75, 3.05) is 18.4 Å². The fourth-order valence-electron chi connectivity index (χ4n) is 2.49. The number of aromatic nitrogens is 2. The van der Waals surface area contributed by atoms with Gasteiger partial charge in [0.1, 0.15) is 5.82 Å². The van der Waals surface area contributed by atoms with Crippen molar-refractivity contribution in [3.05, 3.63) is 69.7 Å². The zero-order valence-electron chi connectivity index (χ0n) is 13.8. The molecule has 5 nitrogen and oxygen atoms in total. The first kappa shape index (κ1) is 17.6. The van der Waals surface area contributed by atoms with Crippen molar-refractivity contribution in [2.45, 2.75) is 13.1 Å². The highest BCUT2D eigenvalue weighted by atomic mass is 32.1. The first-order chi connectivity index (χ1) is 12.2. The SMILES string of the molecule is C=CCN(CC(=O)Nc1ccnn1Cc1cccs1)Cc1cccs1. The van der Waals surface area contributed by atoms with Gasteiger partial charge in [-0.15, -0.1) is 29.3 Å². The van der Waals surface area contributed by atoms with Crippen molar-refractivity contribution in [2.24, 2.45) is 0 Å². The van der Waals surface area contributed by atoms with Gasteiger partial charge in [0.15, 0.2) is 0 Å². The Balaban J connectivity index is 1.59. The molecule has 0 aliphatic heterocycles. The Bertz CT molecular complexity index is 793. The van der Waals surface area contributed by atoms with E-state index in [1.54, 1.807) is 33.6 Å². The van der Waals surface area contributed by atoms with Gasteiger partial charge in [0.25, 0.3) is 0 Å². The Hall–Kier alpha value is -2.22. The van der Waals surface area contributed by atoms with Crippen LogP contribution in [0.15, 0.2) is 59.9 Å². The van der Waals surface area contributed by atoms with Gasteiger partial charge in [-0.2, -0.15) is 5.10 Å². The summed E-state index contributed by atoms with van der Waals surface area (Å²) < 4.78 is 1.81. The molecule has 0 aliphatic rings. The number of rotatable bonds is 9. The number of carbonyl (C=O) groups excluding carboxylic acids is 1. The van der Waals surface area contributed by atoms with Crippen LogP contribution in [0.4, 0.5) is 5.82 Å². The minimum Gasteiger partial charge on any atom is -0.310 e. The van der Waals surface area contributed by atoms with Crippen LogP contribution in [0.25, 0.3) is 0 Å². The third-order valence-corrected chi connectivity index (χ3v) is 5.31. The molecule has 0 atom stereocenters. The highest BCUT2D eigenvalue weighted by molar-refractivity contribution is 7.10. The Morgan fingerprint density at radius 3 is 2.68 bits per heavy atom. The van der Waals surface area contributed by atoms with Gasteiger partial charge < -0.3 is 5.32 Å². The molecule has 3 rings (SSSR count). The van der Waals surface area contributed by atoms with Crippen molar-refractivity contribution in [1.82, 2.24) is 14.7 Å². The van der Waals surface area contributed by atoms with Crippen LogP contribution < -0.4 is 5.32 Å². The molecule has 130 valence electrons. The predicted octanol–water partition coefficient (Wildman–Crippen LogP) is 3.68. The zero-order chi connectivity index (χ0) is 17.5. The van der Waals surface area contributed by atoms with E-state index >= 15 is 0 Å². The van der Waals surface area contributed by atoms with Crippen LogP contribution in [0.5, 0.6) is 0 Å². The molecule has 0 fully saturated rings. The Kier molecular flexibility index (Phi) is 6.16. The largest absolute Gasteiger partial charge is 0.310 e. The Morgan fingerprint density at radius 2 is 2.00 bits per heavy atom. The molecule has 3 aromatic rings. The van der Waals surface area contributed by atoms with Gasteiger partial charge in [0.2, 0.25) is 5.91 Å². The fraction of sp³-hybridized carbons (Fsp3) is 0.222. The lowest BCUT2D eigenvalue weighted by Crippen LogP contribution is -2.33. The molecular formula is C18H20N4OS2. The van der Waals surface area contributed by atoms with Gasteiger partial charge in [0, 0.05) is 28.9 Å². The predicted molar refractivity (Wildman–Crippen MR) is 104 cm³/mol. The number of anilines is 1. The second kappa shape index (κ2) is 8.75. The van der Waals surface area contributed by atoms with Crippen molar-refractivity contribution in [3.8, 4) is 0 Å². The van der Waals surface area contributed by atoms with Gasteiger partial charge in [0.05, 0.1) is 19.3 Å². The summed E-state index contributed by atoms with van der Waals surface area (Å²) in [4.78, 5) is 17.0. The highest BCUT2D eigenvalue weighted by Crippen LogP contribution is 2.15. The summed E-state index contributed by atoms with van der Waals surface area (Å²) >= 11 is 3.37. The number of nitrogens with zero attached hydrogens (tertiary/aromatic N) is 3. The second-order valence-corrected chi connectivity index (χ2v) is 7.60. The van der Waals surface area contributed by atoms with Crippen LogP contribution in [-0.4, -0.2) is 33.7 Å². The Labute approximate surface area is 155 Å². The molecule has 1 N–H and O–H groups in total. The quantitative estimate of drug-likeness (QED) is 0.583. The first-order valence-electron chi connectivity index (χ1n) is 7.94. The summed E-state index contributed by atoms with van der Waals surface area (Å²) in [5, 5.41) is 11.3. The maximum Gasteiger partial charge on any atom is 0.239 e. The van der Waals surface area contributed by atoms with Crippen LogP contribution >= 0.6 is 22.7 Å². The molecule has 0 radical (unpaired) electrons. The van der Waals surface area contributed by atoms with E-state index in [4.69, 9.17) is 0 Å². The third kappa shape index (κ3) is 5.12. The summed E-state index contributed by atoms with van der Waals surface area (Å²) in [6.07, 6.45) is 3.53. The first-order valence-corrected chi connectivity index (χ1v) is 9.70. The molecule has 1 amide bonds. The lowest BCUT2D eigenvalue weighted by molar-refractivity contribution is -0.117. The average molecular weight is 373 g/mol. The van der Waals surface area contributed by atoms with E-state index in [9.17, 15) is 4.79 Å². The zero-order valence-corrected chi connectivity index (χ0v) is 15.4. The summed E-state index contributed by atoms with van der Waals surface area (Å²) in [6, 6.07) is 10.00. The maximum atomic E-state index is 12.5. The van der Waals surface area contributed by atoms with E-state index in [-0.39, 0.29) is 5.91 Å². The minimum absolute atomic E-state index is 0.0497. The van der Waals surface area contributed by atoms with Gasteiger partial charge in [-0.05, 0) is 22.9 Å². The van der Waals surface area contributed by atoms with Crippen molar-refractivity contribution >= 4 is 34.4 Å². The van der Waals surface area contributed by atoms with Crippen LogP contribution in [-0.2, 0) is 17.9 Å². The van der Waals surface area contributed by atoms with Gasteiger partial charge in [-0.25, -0.2) is 4.68 Å². The number of amides is 1. The van der Waals surface area contributed by atoms with E-state index in [2.05, 4.69) is 34.0 Å². The summed E-state index contributed by atoms with van der Waals surface area (Å²) in [7, 11) is 0. The second-order valence-electron chi connectivity index (χ2n) is 5.54. The van der Waals surface area contributed by atoms with E-state index in [0.29, 0.717) is 25.5 Å². The van der Waals surface area contributed by atoms with Crippen LogP contribution in [0.2, 0.25) is 0 Å².